The molecule has 0 saturated heterocycles. The maximum Gasteiger partial charge on any atom is 0.316 e. The van der Waals surface area contributed by atoms with Crippen LogP contribution in [0, 0.1) is 0 Å². The molecule has 0 aromatic carbocycles. The van der Waals surface area contributed by atoms with E-state index >= 15 is 0 Å². The second kappa shape index (κ2) is 8.86. The number of hydrogen-bond acceptors (Lipinski definition) is 4. The van der Waals surface area contributed by atoms with Gasteiger partial charge in [0.1, 0.15) is 5.25 Å². The summed E-state index contributed by atoms with van der Waals surface area (Å²) in [5.41, 5.74) is 0. The van der Waals surface area contributed by atoms with Crippen molar-refractivity contribution in [3.05, 3.63) is 0 Å². The Morgan fingerprint density at radius 3 is 2.41 bits per heavy atom. The Kier molecular flexibility index (Phi) is 8.21. The lowest BCUT2D eigenvalue weighted by Gasteiger charge is -2.09. The van der Waals surface area contributed by atoms with Gasteiger partial charge in [0, 0.05) is 13.0 Å². The third-order valence-electron chi connectivity index (χ3n) is 1.95. The van der Waals surface area contributed by atoms with Gasteiger partial charge in [-0.3, -0.25) is 14.4 Å². The monoisotopic (exact) mass is 263 g/mol. The molecule has 3 N–H and O–H groups in total. The standard InChI is InChI=1S/C10H17NO5S/c1-2-7(10(15)16)17-6-8(12)11-5-3-4-9(13)14/h7H,2-6H2,1H3,(H,11,12)(H,13,14)(H,15,16). The Morgan fingerprint density at radius 2 is 1.94 bits per heavy atom. The van der Waals surface area contributed by atoms with E-state index in [1.807, 2.05) is 0 Å². The Balaban J connectivity index is 3.65. The van der Waals surface area contributed by atoms with Crippen molar-refractivity contribution >= 4 is 29.6 Å². The first-order chi connectivity index (χ1) is 7.97. The van der Waals surface area contributed by atoms with Crippen molar-refractivity contribution in [2.24, 2.45) is 0 Å². The Morgan fingerprint density at radius 1 is 1.29 bits per heavy atom. The van der Waals surface area contributed by atoms with Crippen LogP contribution in [0.5, 0.6) is 0 Å². The summed E-state index contributed by atoms with van der Waals surface area (Å²) in [7, 11) is 0. The molecule has 0 aliphatic carbocycles. The maximum atomic E-state index is 11.3. The number of nitrogens with one attached hydrogen (secondary N) is 1. The second-order valence-electron chi connectivity index (χ2n) is 3.39. The summed E-state index contributed by atoms with van der Waals surface area (Å²) >= 11 is 1.07. The molecule has 6 nitrogen and oxygen atoms in total. The Labute approximate surface area is 104 Å². The zero-order valence-corrected chi connectivity index (χ0v) is 10.5. The first-order valence-electron chi connectivity index (χ1n) is 5.30. The first kappa shape index (κ1) is 15.8. The SMILES string of the molecule is CCC(SCC(=O)NCCCC(=O)O)C(=O)O. The number of rotatable bonds is 9. The van der Waals surface area contributed by atoms with Gasteiger partial charge >= 0.3 is 11.9 Å². The summed E-state index contributed by atoms with van der Waals surface area (Å²) in [5, 5.41) is 19.1. The average molecular weight is 263 g/mol. The van der Waals surface area contributed by atoms with Gasteiger partial charge in [0.15, 0.2) is 0 Å². The van der Waals surface area contributed by atoms with Crippen LogP contribution < -0.4 is 5.32 Å². The number of carbonyl (C=O) groups excluding carboxylic acids is 1. The van der Waals surface area contributed by atoms with Crippen molar-refractivity contribution < 1.29 is 24.6 Å². The summed E-state index contributed by atoms with van der Waals surface area (Å²) in [6.45, 7) is 2.05. The van der Waals surface area contributed by atoms with E-state index in [4.69, 9.17) is 10.2 Å². The molecular weight excluding hydrogens is 246 g/mol. The van der Waals surface area contributed by atoms with E-state index in [0.29, 0.717) is 19.4 Å². The zero-order chi connectivity index (χ0) is 13.3. The molecule has 0 heterocycles. The average Bonchev–Trinajstić information content (AvgIpc) is 2.24. The quantitative estimate of drug-likeness (QED) is 0.525. The molecule has 0 fully saturated rings. The number of amides is 1. The third-order valence-corrected chi connectivity index (χ3v) is 3.32. The highest BCUT2D eigenvalue weighted by Crippen LogP contribution is 2.14. The van der Waals surface area contributed by atoms with Crippen molar-refractivity contribution in [1.29, 1.82) is 0 Å². The van der Waals surface area contributed by atoms with Crippen molar-refractivity contribution in [3.8, 4) is 0 Å². The summed E-state index contributed by atoms with van der Waals surface area (Å²) in [6.07, 6.45) is 0.855. The predicted molar refractivity (Wildman–Crippen MR) is 64.1 cm³/mol. The number of carboxylic acids is 2. The van der Waals surface area contributed by atoms with Gasteiger partial charge in [0.25, 0.3) is 0 Å². The van der Waals surface area contributed by atoms with Crippen LogP contribution in [0.3, 0.4) is 0 Å². The van der Waals surface area contributed by atoms with Gasteiger partial charge in [0.05, 0.1) is 5.75 Å². The Hall–Kier alpha value is -1.24. The Bertz CT molecular complexity index is 282. The molecule has 0 spiro atoms. The van der Waals surface area contributed by atoms with Gasteiger partial charge in [-0.15, -0.1) is 11.8 Å². The lowest BCUT2D eigenvalue weighted by atomic mass is 10.3. The molecule has 0 aliphatic heterocycles. The minimum absolute atomic E-state index is 0.0140. The fourth-order valence-corrected chi connectivity index (χ4v) is 1.89. The summed E-state index contributed by atoms with van der Waals surface area (Å²) in [6, 6.07) is 0. The topological polar surface area (TPSA) is 104 Å². The van der Waals surface area contributed by atoms with Crippen molar-refractivity contribution in [2.45, 2.75) is 31.4 Å². The largest absolute Gasteiger partial charge is 0.481 e. The normalized spacial score (nSPS) is 11.8. The van der Waals surface area contributed by atoms with Gasteiger partial charge in [-0.1, -0.05) is 6.92 Å². The highest BCUT2D eigenvalue weighted by Gasteiger charge is 2.16. The van der Waals surface area contributed by atoms with E-state index in [0.717, 1.165) is 11.8 Å². The fourth-order valence-electron chi connectivity index (χ4n) is 1.06. The molecule has 0 aromatic rings. The molecule has 98 valence electrons. The van der Waals surface area contributed by atoms with Gasteiger partial charge < -0.3 is 15.5 Å². The van der Waals surface area contributed by atoms with E-state index < -0.39 is 17.2 Å². The second-order valence-corrected chi connectivity index (χ2v) is 4.58. The molecule has 1 atom stereocenters. The van der Waals surface area contributed by atoms with Crippen LogP contribution in [0.4, 0.5) is 0 Å². The van der Waals surface area contributed by atoms with Crippen LogP contribution in [0.2, 0.25) is 0 Å². The highest BCUT2D eigenvalue weighted by atomic mass is 32.2. The van der Waals surface area contributed by atoms with Crippen LogP contribution >= 0.6 is 11.8 Å². The van der Waals surface area contributed by atoms with Crippen LogP contribution in [0.15, 0.2) is 0 Å². The number of carbonyl (C=O) groups is 3. The van der Waals surface area contributed by atoms with E-state index in [1.165, 1.54) is 0 Å². The number of aliphatic carboxylic acids is 2. The van der Waals surface area contributed by atoms with Crippen molar-refractivity contribution in [1.82, 2.24) is 5.32 Å². The molecule has 7 heteroatoms. The van der Waals surface area contributed by atoms with E-state index in [1.54, 1.807) is 6.92 Å². The zero-order valence-electron chi connectivity index (χ0n) is 9.64. The third kappa shape index (κ3) is 8.56. The molecule has 1 amide bonds. The van der Waals surface area contributed by atoms with Gasteiger partial charge in [-0.05, 0) is 12.8 Å². The maximum absolute atomic E-state index is 11.3. The molecule has 0 radical (unpaired) electrons. The number of carboxylic acid groups (broad SMARTS) is 2. The first-order valence-corrected chi connectivity index (χ1v) is 6.35. The lowest BCUT2D eigenvalue weighted by Crippen LogP contribution is -2.28. The molecule has 0 bridgehead atoms. The van der Waals surface area contributed by atoms with Gasteiger partial charge in [-0.25, -0.2) is 0 Å². The van der Waals surface area contributed by atoms with Gasteiger partial charge in [0.2, 0.25) is 5.91 Å². The van der Waals surface area contributed by atoms with Crippen molar-refractivity contribution in [2.75, 3.05) is 12.3 Å². The van der Waals surface area contributed by atoms with Crippen LogP contribution in [0.25, 0.3) is 0 Å². The summed E-state index contributed by atoms with van der Waals surface area (Å²) < 4.78 is 0. The number of hydrogen-bond donors (Lipinski definition) is 3. The van der Waals surface area contributed by atoms with E-state index in [-0.39, 0.29) is 18.1 Å². The van der Waals surface area contributed by atoms with Crippen LogP contribution in [-0.2, 0) is 14.4 Å². The molecule has 0 saturated carbocycles. The number of thioether (sulfide) groups is 1. The lowest BCUT2D eigenvalue weighted by molar-refractivity contribution is -0.137. The van der Waals surface area contributed by atoms with E-state index in [2.05, 4.69) is 5.32 Å². The highest BCUT2D eigenvalue weighted by molar-refractivity contribution is 8.01. The van der Waals surface area contributed by atoms with Crippen LogP contribution in [-0.4, -0.2) is 45.6 Å². The van der Waals surface area contributed by atoms with Crippen LogP contribution in [0.1, 0.15) is 26.2 Å². The fraction of sp³-hybridized carbons (Fsp3) is 0.700. The van der Waals surface area contributed by atoms with Gasteiger partial charge in [-0.2, -0.15) is 0 Å². The summed E-state index contributed by atoms with van der Waals surface area (Å²) in [4.78, 5) is 32.1. The predicted octanol–water partition coefficient (Wildman–Crippen LogP) is 0.564. The van der Waals surface area contributed by atoms with E-state index in [9.17, 15) is 14.4 Å². The molecular formula is C10H17NO5S. The molecule has 1 unspecified atom stereocenters. The molecule has 0 aromatic heterocycles. The molecule has 0 aliphatic rings. The summed E-state index contributed by atoms with van der Waals surface area (Å²) in [5.74, 6) is -2.00. The molecule has 17 heavy (non-hydrogen) atoms. The molecule has 0 rings (SSSR count). The smallest absolute Gasteiger partial charge is 0.316 e. The minimum Gasteiger partial charge on any atom is -0.481 e. The minimum atomic E-state index is -0.920. The van der Waals surface area contributed by atoms with Crippen molar-refractivity contribution in [3.63, 3.8) is 0 Å².